The Bertz CT molecular complexity index is 453. The zero-order valence-electron chi connectivity index (χ0n) is 10.5. The quantitative estimate of drug-likeness (QED) is 0.862. The number of rotatable bonds is 2. The number of hydrogen-bond acceptors (Lipinski definition) is 2. The van der Waals surface area contributed by atoms with Crippen LogP contribution in [0.3, 0.4) is 0 Å². The molecule has 1 fully saturated rings. The highest BCUT2D eigenvalue weighted by Gasteiger charge is 2.29. The fourth-order valence-electron chi connectivity index (χ4n) is 2.49. The van der Waals surface area contributed by atoms with Crippen molar-refractivity contribution < 1.29 is 9.90 Å². The number of phenolic OH excluding ortho intramolecular Hbond substituents is 1. The molecule has 1 aromatic rings. The summed E-state index contributed by atoms with van der Waals surface area (Å²) in [7, 11) is 0. The van der Waals surface area contributed by atoms with Crippen molar-refractivity contribution in [1.82, 2.24) is 5.32 Å². The number of nitrogens with one attached hydrogen (secondary N) is 1. The first kappa shape index (κ1) is 13.2. The molecule has 1 aromatic carbocycles. The second kappa shape index (κ2) is 5.19. The molecule has 0 aromatic heterocycles. The van der Waals surface area contributed by atoms with Crippen molar-refractivity contribution in [3.8, 4) is 5.75 Å². The van der Waals surface area contributed by atoms with Gasteiger partial charge >= 0.3 is 0 Å². The lowest BCUT2D eigenvalue weighted by Crippen LogP contribution is -2.47. The number of carbonyl (C=O) groups is 1. The summed E-state index contributed by atoms with van der Waals surface area (Å²) < 4.78 is 0. The molecule has 0 aliphatic heterocycles. The van der Waals surface area contributed by atoms with Crippen molar-refractivity contribution in [1.29, 1.82) is 0 Å². The first-order valence-corrected chi connectivity index (χ1v) is 6.69. The maximum atomic E-state index is 12.2. The van der Waals surface area contributed by atoms with Crippen molar-refractivity contribution in [3.05, 3.63) is 28.8 Å². The maximum absolute atomic E-state index is 12.2. The molecule has 2 rings (SSSR count). The topological polar surface area (TPSA) is 49.3 Å². The Morgan fingerprint density at radius 1 is 1.33 bits per heavy atom. The summed E-state index contributed by atoms with van der Waals surface area (Å²) in [5.41, 5.74) is 0.188. The van der Waals surface area contributed by atoms with Crippen LogP contribution in [0.4, 0.5) is 0 Å². The molecule has 0 bridgehead atoms. The fraction of sp³-hybridized carbons (Fsp3) is 0.500. The predicted octanol–water partition coefficient (Wildman–Crippen LogP) is 3.50. The van der Waals surface area contributed by atoms with Gasteiger partial charge in [0, 0.05) is 5.54 Å². The third kappa shape index (κ3) is 2.96. The Kier molecular flexibility index (Phi) is 3.81. The minimum Gasteiger partial charge on any atom is -0.508 e. The van der Waals surface area contributed by atoms with Gasteiger partial charge in [-0.15, -0.1) is 0 Å². The monoisotopic (exact) mass is 267 g/mol. The third-order valence-electron chi connectivity index (χ3n) is 3.57. The lowest BCUT2D eigenvalue weighted by molar-refractivity contribution is 0.0882. The van der Waals surface area contributed by atoms with E-state index in [1.165, 1.54) is 24.6 Å². The van der Waals surface area contributed by atoms with Gasteiger partial charge in [0.1, 0.15) is 5.75 Å². The molecule has 1 aliphatic rings. The minimum atomic E-state index is -0.208. The van der Waals surface area contributed by atoms with Crippen LogP contribution in [0, 0.1) is 0 Å². The van der Waals surface area contributed by atoms with Crippen LogP contribution < -0.4 is 5.32 Å². The summed E-state index contributed by atoms with van der Waals surface area (Å²) in [6.45, 7) is 2.07. The average Bonchev–Trinajstić information content (AvgIpc) is 2.32. The Morgan fingerprint density at radius 2 is 2.00 bits per heavy atom. The summed E-state index contributed by atoms with van der Waals surface area (Å²) in [5.74, 6) is -0.154. The van der Waals surface area contributed by atoms with Gasteiger partial charge in [0.05, 0.1) is 10.6 Å². The van der Waals surface area contributed by atoms with E-state index in [0.717, 1.165) is 25.7 Å². The third-order valence-corrected chi connectivity index (χ3v) is 3.90. The highest BCUT2D eigenvalue weighted by molar-refractivity contribution is 6.33. The first-order valence-electron chi connectivity index (χ1n) is 6.31. The SMILES string of the molecule is CC1(NC(=O)c2cc(O)ccc2Cl)CCCCC1. The molecule has 1 amide bonds. The lowest BCUT2D eigenvalue weighted by atomic mass is 9.83. The maximum Gasteiger partial charge on any atom is 0.253 e. The largest absolute Gasteiger partial charge is 0.508 e. The average molecular weight is 268 g/mol. The van der Waals surface area contributed by atoms with Gasteiger partial charge in [0.2, 0.25) is 0 Å². The van der Waals surface area contributed by atoms with Crippen LogP contribution in [0.2, 0.25) is 5.02 Å². The number of aromatic hydroxyl groups is 1. The van der Waals surface area contributed by atoms with E-state index in [9.17, 15) is 9.90 Å². The molecular weight excluding hydrogens is 250 g/mol. The van der Waals surface area contributed by atoms with E-state index >= 15 is 0 Å². The number of phenols is 1. The molecule has 18 heavy (non-hydrogen) atoms. The molecule has 0 unspecified atom stereocenters. The van der Waals surface area contributed by atoms with Gasteiger partial charge in [-0.1, -0.05) is 30.9 Å². The highest BCUT2D eigenvalue weighted by atomic mass is 35.5. The number of halogens is 1. The van der Waals surface area contributed by atoms with Crippen molar-refractivity contribution in [2.75, 3.05) is 0 Å². The van der Waals surface area contributed by atoms with Crippen molar-refractivity contribution in [2.24, 2.45) is 0 Å². The number of carbonyl (C=O) groups excluding carboxylic acids is 1. The fourth-order valence-corrected chi connectivity index (χ4v) is 2.69. The van der Waals surface area contributed by atoms with E-state index in [-0.39, 0.29) is 17.2 Å². The second-order valence-electron chi connectivity index (χ2n) is 5.24. The Labute approximate surface area is 112 Å². The van der Waals surface area contributed by atoms with Crippen LogP contribution in [0.5, 0.6) is 5.75 Å². The number of benzene rings is 1. The molecule has 1 aliphatic carbocycles. The summed E-state index contributed by atoms with van der Waals surface area (Å²) >= 11 is 5.98. The molecule has 0 atom stereocenters. The Balaban J connectivity index is 2.14. The molecule has 0 saturated heterocycles. The summed E-state index contributed by atoms with van der Waals surface area (Å²) in [6, 6.07) is 4.42. The zero-order chi connectivity index (χ0) is 13.2. The normalized spacial score (nSPS) is 18.3. The standard InChI is InChI=1S/C14H18ClNO2/c1-14(7-3-2-4-8-14)16-13(18)11-9-10(17)5-6-12(11)15/h5-6,9,17H,2-4,7-8H2,1H3,(H,16,18). The molecule has 4 heteroatoms. The van der Waals surface area contributed by atoms with Crippen molar-refractivity contribution in [3.63, 3.8) is 0 Å². The number of amides is 1. The smallest absolute Gasteiger partial charge is 0.253 e. The molecule has 2 N–H and O–H groups in total. The van der Waals surface area contributed by atoms with Gasteiger partial charge in [0.25, 0.3) is 5.91 Å². The van der Waals surface area contributed by atoms with Gasteiger partial charge in [-0.25, -0.2) is 0 Å². The van der Waals surface area contributed by atoms with Crippen LogP contribution in [-0.4, -0.2) is 16.6 Å². The van der Waals surface area contributed by atoms with Crippen LogP contribution >= 0.6 is 11.6 Å². The van der Waals surface area contributed by atoms with Gasteiger partial charge in [-0.05, 0) is 38.0 Å². The highest BCUT2D eigenvalue weighted by Crippen LogP contribution is 2.29. The molecule has 98 valence electrons. The summed E-state index contributed by atoms with van der Waals surface area (Å²) in [5, 5.41) is 12.8. The van der Waals surface area contributed by atoms with Crippen LogP contribution in [0.1, 0.15) is 49.4 Å². The summed E-state index contributed by atoms with van der Waals surface area (Å²) in [4.78, 5) is 12.2. The molecule has 1 saturated carbocycles. The first-order chi connectivity index (χ1) is 8.50. The van der Waals surface area contributed by atoms with Gasteiger partial charge in [-0.3, -0.25) is 4.79 Å². The number of hydrogen-bond donors (Lipinski definition) is 2. The van der Waals surface area contributed by atoms with Crippen molar-refractivity contribution >= 4 is 17.5 Å². The van der Waals surface area contributed by atoms with Crippen LogP contribution in [-0.2, 0) is 0 Å². The van der Waals surface area contributed by atoms with E-state index in [4.69, 9.17) is 11.6 Å². The van der Waals surface area contributed by atoms with Crippen molar-refractivity contribution in [2.45, 2.75) is 44.6 Å². The van der Waals surface area contributed by atoms with Crippen LogP contribution in [0.25, 0.3) is 0 Å². The second-order valence-corrected chi connectivity index (χ2v) is 5.65. The van der Waals surface area contributed by atoms with Crippen LogP contribution in [0.15, 0.2) is 18.2 Å². The van der Waals surface area contributed by atoms with Gasteiger partial charge in [-0.2, -0.15) is 0 Å². The molecule has 0 radical (unpaired) electrons. The molecule has 3 nitrogen and oxygen atoms in total. The minimum absolute atomic E-state index is 0.0540. The zero-order valence-corrected chi connectivity index (χ0v) is 11.3. The van der Waals surface area contributed by atoms with E-state index < -0.39 is 0 Å². The molecule has 0 heterocycles. The van der Waals surface area contributed by atoms with E-state index in [0.29, 0.717) is 10.6 Å². The Morgan fingerprint density at radius 3 is 2.67 bits per heavy atom. The Hall–Kier alpha value is -1.22. The lowest BCUT2D eigenvalue weighted by Gasteiger charge is -2.34. The van der Waals surface area contributed by atoms with E-state index in [1.807, 2.05) is 0 Å². The van der Waals surface area contributed by atoms with E-state index in [2.05, 4.69) is 12.2 Å². The molecule has 0 spiro atoms. The predicted molar refractivity (Wildman–Crippen MR) is 72.1 cm³/mol. The van der Waals surface area contributed by atoms with Gasteiger partial charge < -0.3 is 10.4 Å². The van der Waals surface area contributed by atoms with Gasteiger partial charge in [0.15, 0.2) is 0 Å². The molecular formula is C14H18ClNO2. The van der Waals surface area contributed by atoms with E-state index in [1.54, 1.807) is 0 Å². The summed E-state index contributed by atoms with van der Waals surface area (Å²) in [6.07, 6.45) is 5.51.